The molecule has 0 aromatic rings. The van der Waals surface area contributed by atoms with E-state index in [1.807, 2.05) is 0 Å². The van der Waals surface area contributed by atoms with Crippen LogP contribution in [0.5, 0.6) is 0 Å². The Balaban J connectivity index is 0.00000441. The van der Waals surface area contributed by atoms with Crippen LogP contribution >= 0.6 is 24.0 Å². The summed E-state index contributed by atoms with van der Waals surface area (Å²) < 4.78 is 0. The molecule has 1 aliphatic rings. The number of hydrogen-bond acceptors (Lipinski definition) is 2. The van der Waals surface area contributed by atoms with Crippen LogP contribution in [0.4, 0.5) is 0 Å². The van der Waals surface area contributed by atoms with E-state index in [-0.39, 0.29) is 24.0 Å². The monoisotopic (exact) mass is 424 g/mol. The van der Waals surface area contributed by atoms with Crippen molar-refractivity contribution in [2.24, 2.45) is 4.99 Å². The zero-order valence-corrected chi connectivity index (χ0v) is 17.5. The first-order valence-corrected chi connectivity index (χ1v) is 8.85. The summed E-state index contributed by atoms with van der Waals surface area (Å²) in [6.07, 6.45) is 6.42. The summed E-state index contributed by atoms with van der Waals surface area (Å²) in [7, 11) is 0. The Bertz CT molecular complexity index is 291. The smallest absolute Gasteiger partial charge is 0.191 e. The molecule has 2 N–H and O–H groups in total. The maximum atomic E-state index is 4.74. The molecule has 22 heavy (non-hydrogen) atoms. The van der Waals surface area contributed by atoms with Gasteiger partial charge in [0.15, 0.2) is 5.96 Å². The Morgan fingerprint density at radius 1 is 1.14 bits per heavy atom. The SMILES string of the molecule is CCNC(=NCCCN(C(C)C)C(C)C)NC1CCCC1.I. The van der Waals surface area contributed by atoms with E-state index in [9.17, 15) is 0 Å². The van der Waals surface area contributed by atoms with Crippen LogP contribution in [0.1, 0.15) is 66.7 Å². The maximum absolute atomic E-state index is 4.74. The predicted molar refractivity (Wildman–Crippen MR) is 108 cm³/mol. The minimum atomic E-state index is 0. The number of nitrogens with one attached hydrogen (secondary N) is 2. The van der Waals surface area contributed by atoms with Gasteiger partial charge in [-0.05, 0) is 53.9 Å². The molecule has 4 nitrogen and oxygen atoms in total. The zero-order valence-electron chi connectivity index (χ0n) is 15.2. The molecule has 0 atom stereocenters. The molecule has 0 aromatic heterocycles. The largest absolute Gasteiger partial charge is 0.357 e. The van der Waals surface area contributed by atoms with Gasteiger partial charge in [-0.1, -0.05) is 12.8 Å². The van der Waals surface area contributed by atoms with Gasteiger partial charge in [0.1, 0.15) is 0 Å². The predicted octanol–water partition coefficient (Wildman–Crippen LogP) is 3.61. The van der Waals surface area contributed by atoms with Crippen molar-refractivity contribution < 1.29 is 0 Å². The topological polar surface area (TPSA) is 39.7 Å². The fourth-order valence-corrected chi connectivity index (χ4v) is 3.14. The Labute approximate surface area is 154 Å². The maximum Gasteiger partial charge on any atom is 0.191 e. The van der Waals surface area contributed by atoms with Gasteiger partial charge in [0.05, 0.1) is 0 Å². The molecule has 1 aliphatic carbocycles. The molecule has 0 bridgehead atoms. The molecule has 0 amide bonds. The lowest BCUT2D eigenvalue weighted by molar-refractivity contribution is 0.174. The molecule has 0 saturated heterocycles. The summed E-state index contributed by atoms with van der Waals surface area (Å²) >= 11 is 0. The van der Waals surface area contributed by atoms with Gasteiger partial charge in [-0.25, -0.2) is 0 Å². The third kappa shape index (κ3) is 8.56. The van der Waals surface area contributed by atoms with Gasteiger partial charge in [-0.2, -0.15) is 0 Å². The van der Waals surface area contributed by atoms with E-state index in [0.29, 0.717) is 18.1 Å². The van der Waals surface area contributed by atoms with Crippen LogP contribution in [0, 0.1) is 0 Å². The first-order valence-electron chi connectivity index (χ1n) is 8.85. The van der Waals surface area contributed by atoms with E-state index in [0.717, 1.165) is 32.0 Å². The second kappa shape index (κ2) is 12.4. The summed E-state index contributed by atoms with van der Waals surface area (Å²) in [6, 6.07) is 1.85. The van der Waals surface area contributed by atoms with E-state index in [1.165, 1.54) is 25.7 Å². The summed E-state index contributed by atoms with van der Waals surface area (Å²) in [5.74, 6) is 1.00. The van der Waals surface area contributed by atoms with Gasteiger partial charge in [0, 0.05) is 37.8 Å². The summed E-state index contributed by atoms with van der Waals surface area (Å²) in [4.78, 5) is 7.27. The number of rotatable bonds is 8. The third-order valence-electron chi connectivity index (χ3n) is 4.21. The van der Waals surface area contributed by atoms with Gasteiger partial charge >= 0.3 is 0 Å². The van der Waals surface area contributed by atoms with Gasteiger partial charge in [-0.3, -0.25) is 9.89 Å². The molecular formula is C17H37IN4. The molecule has 0 heterocycles. The Kier molecular flexibility index (Phi) is 12.4. The van der Waals surface area contributed by atoms with Crippen LogP contribution in [0.15, 0.2) is 4.99 Å². The average molecular weight is 424 g/mol. The van der Waals surface area contributed by atoms with Gasteiger partial charge in [0.2, 0.25) is 0 Å². The van der Waals surface area contributed by atoms with Crippen molar-refractivity contribution in [1.82, 2.24) is 15.5 Å². The molecule has 0 aliphatic heterocycles. The van der Waals surface area contributed by atoms with Crippen LogP contribution in [0.3, 0.4) is 0 Å². The van der Waals surface area contributed by atoms with Crippen LogP contribution in [0.2, 0.25) is 0 Å². The van der Waals surface area contributed by atoms with Crippen LogP contribution < -0.4 is 10.6 Å². The zero-order chi connectivity index (χ0) is 15.7. The normalized spacial score (nSPS) is 16.5. The highest BCUT2D eigenvalue weighted by atomic mass is 127. The number of guanidine groups is 1. The van der Waals surface area contributed by atoms with Crippen molar-refractivity contribution in [3.8, 4) is 0 Å². The van der Waals surface area contributed by atoms with Gasteiger partial charge in [0.25, 0.3) is 0 Å². The van der Waals surface area contributed by atoms with Gasteiger partial charge < -0.3 is 10.6 Å². The molecule has 0 unspecified atom stereocenters. The highest BCUT2D eigenvalue weighted by molar-refractivity contribution is 14.0. The van der Waals surface area contributed by atoms with Crippen molar-refractivity contribution in [2.45, 2.75) is 84.8 Å². The number of nitrogens with zero attached hydrogens (tertiary/aromatic N) is 2. The van der Waals surface area contributed by atoms with Crippen LogP contribution in [-0.2, 0) is 0 Å². The van der Waals surface area contributed by atoms with Crippen LogP contribution in [-0.4, -0.2) is 48.6 Å². The Morgan fingerprint density at radius 3 is 2.23 bits per heavy atom. The number of hydrogen-bond donors (Lipinski definition) is 2. The third-order valence-corrected chi connectivity index (χ3v) is 4.21. The van der Waals surface area contributed by atoms with E-state index in [2.05, 4.69) is 50.2 Å². The molecule has 0 spiro atoms. The summed E-state index contributed by atoms with van der Waals surface area (Å²) in [5, 5.41) is 6.94. The van der Waals surface area contributed by atoms with Crippen molar-refractivity contribution in [3.05, 3.63) is 0 Å². The van der Waals surface area contributed by atoms with Crippen molar-refractivity contribution in [3.63, 3.8) is 0 Å². The number of aliphatic imine (C=N–C) groups is 1. The second-order valence-corrected chi connectivity index (χ2v) is 6.67. The Hall–Kier alpha value is -0.0400. The fourth-order valence-electron chi connectivity index (χ4n) is 3.14. The van der Waals surface area contributed by atoms with Crippen molar-refractivity contribution in [1.29, 1.82) is 0 Å². The highest BCUT2D eigenvalue weighted by Crippen LogP contribution is 2.17. The van der Waals surface area contributed by atoms with Crippen LogP contribution in [0.25, 0.3) is 0 Å². The molecule has 1 rings (SSSR count). The first-order chi connectivity index (χ1) is 10.0. The quantitative estimate of drug-likeness (QED) is 0.271. The average Bonchev–Trinajstić information content (AvgIpc) is 2.90. The molecule has 132 valence electrons. The molecule has 1 saturated carbocycles. The van der Waals surface area contributed by atoms with Gasteiger partial charge in [-0.15, -0.1) is 24.0 Å². The molecule has 5 heteroatoms. The fraction of sp³-hybridized carbons (Fsp3) is 0.941. The lowest BCUT2D eigenvalue weighted by Gasteiger charge is -2.30. The van der Waals surface area contributed by atoms with E-state index >= 15 is 0 Å². The van der Waals surface area contributed by atoms with E-state index in [1.54, 1.807) is 0 Å². The minimum Gasteiger partial charge on any atom is -0.357 e. The van der Waals surface area contributed by atoms with E-state index < -0.39 is 0 Å². The van der Waals surface area contributed by atoms with Crippen molar-refractivity contribution in [2.75, 3.05) is 19.6 Å². The van der Waals surface area contributed by atoms with Crippen molar-refractivity contribution >= 4 is 29.9 Å². The summed E-state index contributed by atoms with van der Waals surface area (Å²) in [5.41, 5.74) is 0. The second-order valence-electron chi connectivity index (χ2n) is 6.67. The number of halogens is 1. The lowest BCUT2D eigenvalue weighted by Crippen LogP contribution is -2.42. The molecule has 0 radical (unpaired) electrons. The first kappa shape index (κ1) is 22.0. The molecule has 1 fully saturated rings. The molecular weight excluding hydrogens is 387 g/mol. The lowest BCUT2D eigenvalue weighted by atomic mass is 10.2. The summed E-state index contributed by atoms with van der Waals surface area (Å²) in [6.45, 7) is 14.2. The molecule has 0 aromatic carbocycles. The standard InChI is InChI=1S/C17H36N4.HI/c1-6-18-17(20-16-10-7-8-11-16)19-12-9-13-21(14(2)3)15(4)5;/h14-16H,6-13H2,1-5H3,(H2,18,19,20);1H. The minimum absolute atomic E-state index is 0. The Morgan fingerprint density at radius 2 is 1.73 bits per heavy atom. The van der Waals surface area contributed by atoms with E-state index in [4.69, 9.17) is 4.99 Å². The highest BCUT2D eigenvalue weighted by Gasteiger charge is 2.16.